The molecule has 0 spiro atoms. The molecule has 0 bridgehead atoms. The van der Waals surface area contributed by atoms with Crippen LogP contribution in [0.15, 0.2) is 48.5 Å². The van der Waals surface area contributed by atoms with Crippen molar-refractivity contribution in [3.63, 3.8) is 0 Å². The van der Waals surface area contributed by atoms with Crippen molar-refractivity contribution in [1.29, 1.82) is 0 Å². The van der Waals surface area contributed by atoms with Gasteiger partial charge in [0.25, 0.3) is 0 Å². The van der Waals surface area contributed by atoms with Crippen molar-refractivity contribution in [2.75, 3.05) is 38.2 Å². The first-order valence-electron chi connectivity index (χ1n) is 10.3. The first-order chi connectivity index (χ1) is 14.2. The Kier molecular flexibility index (Phi) is 5.69. The van der Waals surface area contributed by atoms with Crippen LogP contribution in [0.5, 0.6) is 5.75 Å². The maximum absolute atomic E-state index is 12.7. The van der Waals surface area contributed by atoms with E-state index in [1.165, 1.54) is 5.52 Å². The summed E-state index contributed by atoms with van der Waals surface area (Å²) < 4.78 is 7.45. The number of aryl methyl sites for hydroxylation is 2. The third kappa shape index (κ3) is 4.06. The number of piperazine rings is 1. The van der Waals surface area contributed by atoms with Gasteiger partial charge in [-0.3, -0.25) is 4.79 Å². The Morgan fingerprint density at radius 3 is 2.45 bits per heavy atom. The number of benzene rings is 2. The first kappa shape index (κ1) is 19.3. The van der Waals surface area contributed by atoms with Crippen LogP contribution in [-0.4, -0.2) is 53.6 Å². The number of aromatic nitrogens is 2. The monoisotopic (exact) mass is 392 g/mol. The molecular formula is C23H28N4O2. The molecule has 1 aliphatic rings. The number of imidazole rings is 1. The molecule has 1 saturated heterocycles. The average Bonchev–Trinajstić information content (AvgIpc) is 3.16. The van der Waals surface area contributed by atoms with Crippen molar-refractivity contribution in [3.05, 3.63) is 54.1 Å². The zero-order chi connectivity index (χ0) is 20.2. The van der Waals surface area contributed by atoms with Gasteiger partial charge in [0.15, 0.2) is 0 Å². The van der Waals surface area contributed by atoms with Crippen LogP contribution in [-0.2, 0) is 17.8 Å². The average molecular weight is 393 g/mol. The summed E-state index contributed by atoms with van der Waals surface area (Å²) in [5.41, 5.74) is 3.36. The molecule has 3 aromatic rings. The third-order valence-electron chi connectivity index (χ3n) is 5.65. The lowest BCUT2D eigenvalue weighted by molar-refractivity contribution is -0.131. The van der Waals surface area contributed by atoms with Gasteiger partial charge in [-0.2, -0.15) is 0 Å². The summed E-state index contributed by atoms with van der Waals surface area (Å²) in [6.07, 6.45) is 1.30. The van der Waals surface area contributed by atoms with Gasteiger partial charge in [0, 0.05) is 39.1 Å². The number of hydrogen-bond donors (Lipinski definition) is 0. The normalized spacial score (nSPS) is 14.4. The van der Waals surface area contributed by atoms with Crippen LogP contribution in [0.4, 0.5) is 5.95 Å². The molecule has 1 amide bonds. The van der Waals surface area contributed by atoms with Crippen LogP contribution >= 0.6 is 0 Å². The fourth-order valence-electron chi connectivity index (χ4n) is 3.97. The fourth-order valence-corrected chi connectivity index (χ4v) is 3.97. The molecule has 29 heavy (non-hydrogen) atoms. The highest BCUT2D eigenvalue weighted by molar-refractivity contribution is 5.79. The van der Waals surface area contributed by atoms with Crippen LogP contribution in [0.2, 0.25) is 0 Å². The Balaban J connectivity index is 1.35. The number of anilines is 1. The molecule has 4 rings (SSSR count). The Labute approximate surface area is 171 Å². The zero-order valence-electron chi connectivity index (χ0n) is 17.2. The van der Waals surface area contributed by atoms with Crippen molar-refractivity contribution in [1.82, 2.24) is 14.5 Å². The Hall–Kier alpha value is -3.02. The molecule has 1 aromatic heterocycles. The molecule has 0 N–H and O–H groups in total. The van der Waals surface area contributed by atoms with E-state index in [0.29, 0.717) is 6.42 Å². The minimum absolute atomic E-state index is 0.226. The van der Waals surface area contributed by atoms with E-state index in [1.54, 1.807) is 7.11 Å². The molecule has 0 saturated carbocycles. The molecule has 2 aromatic carbocycles. The number of rotatable bonds is 6. The number of hydrogen-bond acceptors (Lipinski definition) is 4. The number of para-hydroxylation sites is 2. The summed E-state index contributed by atoms with van der Waals surface area (Å²) >= 11 is 0. The highest BCUT2D eigenvalue weighted by Crippen LogP contribution is 2.23. The standard InChI is InChI=1S/C23H28N4O2/c1-3-27-21-7-5-4-6-20(21)24-23(27)26-16-14-25(15-17-26)22(28)13-10-18-8-11-19(29-2)12-9-18/h4-9,11-12H,3,10,13-17H2,1-2H3. The number of nitrogens with zero attached hydrogens (tertiary/aromatic N) is 4. The minimum atomic E-state index is 0.226. The molecule has 152 valence electrons. The number of amides is 1. The number of fused-ring (bicyclic) bond motifs is 1. The zero-order valence-corrected chi connectivity index (χ0v) is 17.2. The van der Waals surface area contributed by atoms with Gasteiger partial charge in [-0.05, 0) is 43.2 Å². The molecule has 0 radical (unpaired) electrons. The largest absolute Gasteiger partial charge is 0.497 e. The quantitative estimate of drug-likeness (QED) is 0.646. The van der Waals surface area contributed by atoms with Crippen LogP contribution in [0.3, 0.4) is 0 Å². The lowest BCUT2D eigenvalue weighted by atomic mass is 10.1. The summed E-state index contributed by atoms with van der Waals surface area (Å²) in [4.78, 5) is 21.8. The van der Waals surface area contributed by atoms with Crippen LogP contribution in [0, 0.1) is 0 Å². The molecule has 6 nitrogen and oxygen atoms in total. The predicted molar refractivity (Wildman–Crippen MR) is 116 cm³/mol. The van der Waals surface area contributed by atoms with Crippen molar-refractivity contribution >= 4 is 22.9 Å². The van der Waals surface area contributed by atoms with E-state index in [4.69, 9.17) is 9.72 Å². The predicted octanol–water partition coefficient (Wildman–Crippen LogP) is 3.35. The maximum Gasteiger partial charge on any atom is 0.223 e. The van der Waals surface area contributed by atoms with Gasteiger partial charge in [-0.25, -0.2) is 4.98 Å². The summed E-state index contributed by atoms with van der Waals surface area (Å²) in [6.45, 7) is 6.16. The SMILES string of the molecule is CCn1c(N2CCN(C(=O)CCc3ccc(OC)cc3)CC2)nc2ccccc21. The van der Waals surface area contributed by atoms with Gasteiger partial charge in [-0.1, -0.05) is 24.3 Å². The van der Waals surface area contributed by atoms with E-state index in [9.17, 15) is 4.79 Å². The summed E-state index contributed by atoms with van der Waals surface area (Å²) in [5.74, 6) is 2.08. The Morgan fingerprint density at radius 2 is 1.76 bits per heavy atom. The van der Waals surface area contributed by atoms with Gasteiger partial charge in [-0.15, -0.1) is 0 Å². The molecular weight excluding hydrogens is 364 g/mol. The lowest BCUT2D eigenvalue weighted by Gasteiger charge is -2.35. The van der Waals surface area contributed by atoms with E-state index in [1.807, 2.05) is 35.2 Å². The number of methoxy groups -OCH3 is 1. The second kappa shape index (κ2) is 8.55. The minimum Gasteiger partial charge on any atom is -0.497 e. The van der Waals surface area contributed by atoms with Crippen LogP contribution < -0.4 is 9.64 Å². The molecule has 1 fully saturated rings. The first-order valence-corrected chi connectivity index (χ1v) is 10.3. The maximum atomic E-state index is 12.7. The van der Waals surface area contributed by atoms with Gasteiger partial charge in [0.1, 0.15) is 5.75 Å². The molecule has 2 heterocycles. The van der Waals surface area contributed by atoms with Crippen molar-refractivity contribution in [2.24, 2.45) is 0 Å². The van der Waals surface area contributed by atoms with E-state index in [0.717, 1.165) is 61.9 Å². The second-order valence-electron chi connectivity index (χ2n) is 7.36. The molecule has 6 heteroatoms. The molecule has 0 atom stereocenters. The van der Waals surface area contributed by atoms with Gasteiger partial charge >= 0.3 is 0 Å². The van der Waals surface area contributed by atoms with Crippen LogP contribution in [0.25, 0.3) is 11.0 Å². The van der Waals surface area contributed by atoms with Crippen LogP contribution in [0.1, 0.15) is 18.9 Å². The van der Waals surface area contributed by atoms with Gasteiger partial charge < -0.3 is 19.1 Å². The molecule has 0 aliphatic carbocycles. The van der Waals surface area contributed by atoms with Crippen molar-refractivity contribution in [2.45, 2.75) is 26.3 Å². The summed E-state index contributed by atoms with van der Waals surface area (Å²) in [5, 5.41) is 0. The number of carbonyl (C=O) groups excluding carboxylic acids is 1. The highest BCUT2D eigenvalue weighted by atomic mass is 16.5. The van der Waals surface area contributed by atoms with E-state index < -0.39 is 0 Å². The fraction of sp³-hybridized carbons (Fsp3) is 0.391. The van der Waals surface area contributed by atoms with E-state index in [2.05, 4.69) is 34.6 Å². The smallest absolute Gasteiger partial charge is 0.223 e. The molecule has 0 unspecified atom stereocenters. The van der Waals surface area contributed by atoms with E-state index in [-0.39, 0.29) is 5.91 Å². The van der Waals surface area contributed by atoms with Gasteiger partial charge in [0.05, 0.1) is 18.1 Å². The third-order valence-corrected chi connectivity index (χ3v) is 5.65. The Bertz CT molecular complexity index is 972. The lowest BCUT2D eigenvalue weighted by Crippen LogP contribution is -2.49. The van der Waals surface area contributed by atoms with E-state index >= 15 is 0 Å². The summed E-state index contributed by atoms with van der Waals surface area (Å²) in [6, 6.07) is 16.2. The van der Waals surface area contributed by atoms with Crippen molar-refractivity contribution in [3.8, 4) is 5.75 Å². The topological polar surface area (TPSA) is 50.6 Å². The molecule has 1 aliphatic heterocycles. The van der Waals surface area contributed by atoms with Crippen molar-refractivity contribution < 1.29 is 9.53 Å². The highest BCUT2D eigenvalue weighted by Gasteiger charge is 2.24. The number of ether oxygens (including phenoxy) is 1. The Morgan fingerprint density at radius 1 is 1.03 bits per heavy atom. The van der Waals surface area contributed by atoms with Gasteiger partial charge in [0.2, 0.25) is 11.9 Å². The summed E-state index contributed by atoms with van der Waals surface area (Å²) in [7, 11) is 1.66. The second-order valence-corrected chi connectivity index (χ2v) is 7.36. The number of carbonyl (C=O) groups is 1.